The maximum atomic E-state index is 2.55. The summed E-state index contributed by atoms with van der Waals surface area (Å²) in [5.74, 6) is 0. The molecule has 1 nitrogen and oxygen atoms in total. The summed E-state index contributed by atoms with van der Waals surface area (Å²) >= 11 is 2.02. The van der Waals surface area contributed by atoms with Crippen LogP contribution in [0.15, 0.2) is 0 Å². The van der Waals surface area contributed by atoms with Crippen LogP contribution in [-0.2, 0) is 0 Å². The lowest BCUT2D eigenvalue weighted by molar-refractivity contribution is 0.437. The summed E-state index contributed by atoms with van der Waals surface area (Å²) in [6, 6.07) is 0. The van der Waals surface area contributed by atoms with E-state index in [1.54, 1.807) is 0 Å². The molecule has 0 unspecified atom stereocenters. The largest absolute Gasteiger partial charge is 0.250 e. The molecule has 0 fully saturated rings. The van der Waals surface area contributed by atoms with Crippen LogP contribution in [0.1, 0.15) is 60.3 Å². The van der Waals surface area contributed by atoms with Gasteiger partial charge in [-0.25, -0.2) is 0 Å². The van der Waals surface area contributed by atoms with Crippen molar-refractivity contribution in [3.63, 3.8) is 0 Å². The maximum Gasteiger partial charge on any atom is 0.0222 e. The Morgan fingerprint density at radius 1 is 0.929 bits per heavy atom. The third kappa shape index (κ3) is 8.89. The summed E-state index contributed by atoms with van der Waals surface area (Å²) in [7, 11) is 0. The van der Waals surface area contributed by atoms with E-state index >= 15 is 0 Å². The Labute approximate surface area is 94.8 Å². The van der Waals surface area contributed by atoms with E-state index in [9.17, 15) is 0 Å². The summed E-state index contributed by atoms with van der Waals surface area (Å²) in [6.07, 6.45) is 5.25. The van der Waals surface area contributed by atoms with E-state index in [0.29, 0.717) is 4.75 Å². The molecule has 0 amide bonds. The van der Waals surface area contributed by atoms with Gasteiger partial charge < -0.3 is 0 Å². The average molecular weight is 217 g/mol. The summed E-state index contributed by atoms with van der Waals surface area (Å²) in [5.41, 5.74) is 0. The molecule has 0 aliphatic carbocycles. The van der Waals surface area contributed by atoms with E-state index in [1.165, 1.54) is 38.8 Å². The van der Waals surface area contributed by atoms with Crippen molar-refractivity contribution in [1.82, 2.24) is 4.31 Å². The molecule has 2 heteroatoms. The van der Waals surface area contributed by atoms with Crippen LogP contribution in [0.4, 0.5) is 0 Å². The standard InChI is InChI=1S/C12H27NS/c1-6-8-10-13(11-9-7-2)14-12(3,4)5/h6-11H2,1-5H3. The molecule has 0 heterocycles. The highest BCUT2D eigenvalue weighted by Gasteiger charge is 2.16. The summed E-state index contributed by atoms with van der Waals surface area (Å²) in [4.78, 5) is 0. The zero-order valence-electron chi connectivity index (χ0n) is 10.6. The molecule has 0 bridgehead atoms. The van der Waals surface area contributed by atoms with Crippen molar-refractivity contribution >= 4 is 11.9 Å². The highest BCUT2D eigenvalue weighted by atomic mass is 32.2. The molecule has 0 radical (unpaired) electrons. The quantitative estimate of drug-likeness (QED) is 0.584. The lowest BCUT2D eigenvalue weighted by Gasteiger charge is -2.28. The molecular formula is C12H27NS. The van der Waals surface area contributed by atoms with E-state index in [1.807, 2.05) is 11.9 Å². The Morgan fingerprint density at radius 3 is 1.64 bits per heavy atom. The number of hydrogen-bond acceptors (Lipinski definition) is 2. The number of rotatable bonds is 7. The third-order valence-electron chi connectivity index (χ3n) is 1.93. The van der Waals surface area contributed by atoms with Gasteiger partial charge in [-0.15, -0.1) is 0 Å². The minimum absolute atomic E-state index is 0.363. The zero-order valence-corrected chi connectivity index (χ0v) is 11.4. The summed E-state index contributed by atoms with van der Waals surface area (Å²) in [6.45, 7) is 13.9. The van der Waals surface area contributed by atoms with Crippen molar-refractivity contribution in [2.75, 3.05) is 13.1 Å². The first kappa shape index (κ1) is 14.3. The van der Waals surface area contributed by atoms with Crippen LogP contribution in [-0.4, -0.2) is 22.1 Å². The third-order valence-corrected chi connectivity index (χ3v) is 3.10. The Balaban J connectivity index is 3.84. The van der Waals surface area contributed by atoms with Gasteiger partial charge in [0.05, 0.1) is 0 Å². The average Bonchev–Trinajstić information content (AvgIpc) is 2.07. The van der Waals surface area contributed by atoms with Crippen LogP contribution in [0, 0.1) is 0 Å². The maximum absolute atomic E-state index is 2.55. The van der Waals surface area contributed by atoms with Crippen LogP contribution in [0.2, 0.25) is 0 Å². The van der Waals surface area contributed by atoms with Crippen molar-refractivity contribution in [2.45, 2.75) is 65.0 Å². The van der Waals surface area contributed by atoms with Gasteiger partial charge in [0.25, 0.3) is 0 Å². The molecule has 86 valence electrons. The van der Waals surface area contributed by atoms with Crippen LogP contribution in [0.3, 0.4) is 0 Å². The number of hydrogen-bond donors (Lipinski definition) is 0. The summed E-state index contributed by atoms with van der Waals surface area (Å²) < 4.78 is 2.91. The molecule has 0 aromatic rings. The first-order chi connectivity index (χ1) is 6.49. The number of nitrogens with zero attached hydrogens (tertiary/aromatic N) is 1. The first-order valence-corrected chi connectivity index (χ1v) is 6.71. The Bertz CT molecular complexity index is 121. The van der Waals surface area contributed by atoms with Crippen molar-refractivity contribution in [3.05, 3.63) is 0 Å². The molecule has 0 aliphatic heterocycles. The first-order valence-electron chi connectivity index (χ1n) is 5.93. The van der Waals surface area contributed by atoms with Crippen molar-refractivity contribution in [3.8, 4) is 0 Å². The second-order valence-electron chi connectivity index (χ2n) is 4.84. The molecule has 0 saturated heterocycles. The highest BCUT2D eigenvalue weighted by Crippen LogP contribution is 2.27. The zero-order chi connectivity index (χ0) is 11.0. The minimum atomic E-state index is 0.363. The predicted molar refractivity (Wildman–Crippen MR) is 68.7 cm³/mol. The molecule has 0 spiro atoms. The van der Waals surface area contributed by atoms with Crippen molar-refractivity contribution in [2.24, 2.45) is 0 Å². The monoisotopic (exact) mass is 217 g/mol. The number of unbranched alkanes of at least 4 members (excludes halogenated alkanes) is 2. The van der Waals surface area contributed by atoms with Crippen LogP contribution >= 0.6 is 11.9 Å². The predicted octanol–water partition coefficient (Wildman–Crippen LogP) is 4.34. The molecule has 0 aromatic carbocycles. The fourth-order valence-electron chi connectivity index (χ4n) is 1.26. The Kier molecular flexibility index (Phi) is 7.75. The van der Waals surface area contributed by atoms with Gasteiger partial charge in [-0.1, -0.05) is 38.6 Å². The fourth-order valence-corrected chi connectivity index (χ4v) is 2.47. The van der Waals surface area contributed by atoms with Gasteiger partial charge in [-0.05, 0) is 33.6 Å². The van der Waals surface area contributed by atoms with Gasteiger partial charge >= 0.3 is 0 Å². The fraction of sp³-hybridized carbons (Fsp3) is 1.00. The van der Waals surface area contributed by atoms with Crippen LogP contribution in [0.25, 0.3) is 0 Å². The van der Waals surface area contributed by atoms with Gasteiger partial charge in [-0.3, -0.25) is 4.31 Å². The van der Waals surface area contributed by atoms with Gasteiger partial charge in [0.15, 0.2) is 0 Å². The van der Waals surface area contributed by atoms with E-state index in [4.69, 9.17) is 0 Å². The normalized spacial score (nSPS) is 12.4. The van der Waals surface area contributed by atoms with Crippen LogP contribution in [0.5, 0.6) is 0 Å². The topological polar surface area (TPSA) is 3.24 Å². The SMILES string of the molecule is CCCCN(CCCC)SC(C)(C)C. The van der Waals surface area contributed by atoms with Gasteiger partial charge in [0.2, 0.25) is 0 Å². The van der Waals surface area contributed by atoms with Crippen molar-refractivity contribution < 1.29 is 0 Å². The van der Waals surface area contributed by atoms with E-state index in [2.05, 4.69) is 38.9 Å². The highest BCUT2D eigenvalue weighted by molar-refractivity contribution is 7.98. The van der Waals surface area contributed by atoms with Gasteiger partial charge in [0.1, 0.15) is 0 Å². The molecular weight excluding hydrogens is 190 g/mol. The summed E-state index contributed by atoms with van der Waals surface area (Å²) in [5, 5.41) is 0. The molecule has 0 N–H and O–H groups in total. The molecule has 0 aromatic heterocycles. The molecule has 0 aliphatic rings. The lowest BCUT2D eigenvalue weighted by atomic mass is 10.3. The minimum Gasteiger partial charge on any atom is -0.250 e. The lowest BCUT2D eigenvalue weighted by Crippen LogP contribution is -2.25. The van der Waals surface area contributed by atoms with Crippen molar-refractivity contribution in [1.29, 1.82) is 0 Å². The molecule has 0 saturated carbocycles. The smallest absolute Gasteiger partial charge is 0.0222 e. The van der Waals surface area contributed by atoms with Crippen LogP contribution < -0.4 is 0 Å². The van der Waals surface area contributed by atoms with Gasteiger partial charge in [-0.2, -0.15) is 0 Å². The molecule has 0 rings (SSSR count). The van der Waals surface area contributed by atoms with E-state index in [-0.39, 0.29) is 0 Å². The Hall–Kier alpha value is 0.310. The van der Waals surface area contributed by atoms with Gasteiger partial charge in [0, 0.05) is 17.8 Å². The van der Waals surface area contributed by atoms with E-state index in [0.717, 1.165) is 0 Å². The molecule has 0 atom stereocenters. The second-order valence-corrected chi connectivity index (χ2v) is 6.76. The van der Waals surface area contributed by atoms with E-state index < -0.39 is 0 Å². The Morgan fingerprint density at radius 2 is 1.36 bits per heavy atom. The second kappa shape index (κ2) is 7.58. The molecule has 14 heavy (non-hydrogen) atoms.